The first-order valence-corrected chi connectivity index (χ1v) is 7.29. The molecule has 3 nitrogen and oxygen atoms in total. The average molecular weight is 284 g/mol. The molecule has 3 aromatic heterocycles. The highest BCUT2D eigenvalue weighted by Crippen LogP contribution is 2.32. The first kappa shape index (κ1) is 11.7. The second-order valence-corrected chi connectivity index (χ2v) is 5.76. The quantitative estimate of drug-likeness (QED) is 0.404. The van der Waals surface area contributed by atoms with E-state index in [-0.39, 0.29) is 5.56 Å². The molecule has 2 aromatic carbocycles. The Hall–Kier alpha value is -2.94. The Morgan fingerprint density at radius 3 is 2.59 bits per heavy atom. The standard InChI is InChI=1S/C19H12N2O/c1-11-6-7-16-15(10-11)13-8-9-20-17-12-4-2-3-5-14(12)19(22)21(16)18(13)17/h2-10H,1H3. The van der Waals surface area contributed by atoms with Gasteiger partial charge in [-0.1, -0.05) is 29.8 Å². The number of fused-ring (bicyclic) bond motifs is 5. The van der Waals surface area contributed by atoms with Crippen molar-refractivity contribution in [3.63, 3.8) is 0 Å². The lowest BCUT2D eigenvalue weighted by Crippen LogP contribution is -2.13. The zero-order chi connectivity index (χ0) is 14.8. The van der Waals surface area contributed by atoms with Crippen LogP contribution in [0, 0.1) is 6.92 Å². The van der Waals surface area contributed by atoms with Crippen LogP contribution in [0.25, 0.3) is 38.1 Å². The van der Waals surface area contributed by atoms with E-state index < -0.39 is 0 Å². The monoisotopic (exact) mass is 284 g/mol. The van der Waals surface area contributed by atoms with Gasteiger partial charge in [-0.05, 0) is 31.2 Å². The Labute approximate surface area is 125 Å². The van der Waals surface area contributed by atoms with Crippen molar-refractivity contribution in [3.05, 3.63) is 70.6 Å². The summed E-state index contributed by atoms with van der Waals surface area (Å²) in [6.45, 7) is 2.07. The molecule has 0 bridgehead atoms. The Bertz CT molecular complexity index is 1250. The SMILES string of the molecule is Cc1ccc2c(c1)c1ccnc3c4ccccc4c(=O)n2c13. The number of aryl methyl sites for hydroxylation is 1. The van der Waals surface area contributed by atoms with Crippen molar-refractivity contribution in [2.24, 2.45) is 0 Å². The molecule has 3 heteroatoms. The molecule has 5 rings (SSSR count). The van der Waals surface area contributed by atoms with Crippen LogP contribution in [0.3, 0.4) is 0 Å². The third kappa shape index (κ3) is 1.26. The molecule has 0 aliphatic rings. The fraction of sp³-hybridized carbons (Fsp3) is 0.0526. The van der Waals surface area contributed by atoms with Crippen molar-refractivity contribution in [1.82, 2.24) is 9.38 Å². The van der Waals surface area contributed by atoms with Crippen molar-refractivity contribution in [2.45, 2.75) is 6.92 Å². The lowest BCUT2D eigenvalue weighted by molar-refractivity contribution is 1.20. The van der Waals surface area contributed by atoms with Crippen LogP contribution >= 0.6 is 0 Å². The molecule has 0 saturated carbocycles. The number of pyridine rings is 2. The highest BCUT2D eigenvalue weighted by molar-refractivity contribution is 6.18. The topological polar surface area (TPSA) is 34.4 Å². The minimum Gasteiger partial charge on any atom is -0.273 e. The molecule has 0 atom stereocenters. The molecular formula is C19H12N2O. The molecule has 22 heavy (non-hydrogen) atoms. The van der Waals surface area contributed by atoms with Gasteiger partial charge in [-0.25, -0.2) is 0 Å². The van der Waals surface area contributed by atoms with E-state index in [0.29, 0.717) is 5.39 Å². The zero-order valence-electron chi connectivity index (χ0n) is 12.0. The molecule has 0 aliphatic carbocycles. The van der Waals surface area contributed by atoms with Gasteiger partial charge in [0.1, 0.15) is 0 Å². The molecule has 0 radical (unpaired) electrons. The van der Waals surface area contributed by atoms with Gasteiger partial charge >= 0.3 is 0 Å². The second kappa shape index (κ2) is 3.83. The van der Waals surface area contributed by atoms with Crippen molar-refractivity contribution >= 4 is 38.1 Å². The van der Waals surface area contributed by atoms with E-state index in [4.69, 9.17) is 0 Å². The smallest absolute Gasteiger partial charge is 0.263 e. The summed E-state index contributed by atoms with van der Waals surface area (Å²) in [5.74, 6) is 0. The summed E-state index contributed by atoms with van der Waals surface area (Å²) >= 11 is 0. The van der Waals surface area contributed by atoms with Crippen LogP contribution in [0.15, 0.2) is 59.5 Å². The van der Waals surface area contributed by atoms with Gasteiger partial charge in [-0.3, -0.25) is 14.2 Å². The second-order valence-electron chi connectivity index (χ2n) is 5.76. The van der Waals surface area contributed by atoms with Crippen LogP contribution < -0.4 is 5.56 Å². The maximum absolute atomic E-state index is 13.0. The summed E-state index contributed by atoms with van der Waals surface area (Å²) in [5, 5.41) is 3.84. The summed E-state index contributed by atoms with van der Waals surface area (Å²) in [6, 6.07) is 15.9. The van der Waals surface area contributed by atoms with Gasteiger partial charge in [0, 0.05) is 27.7 Å². The maximum atomic E-state index is 13.0. The predicted molar refractivity (Wildman–Crippen MR) is 89.9 cm³/mol. The van der Waals surface area contributed by atoms with E-state index in [1.807, 2.05) is 53.1 Å². The average Bonchev–Trinajstić information content (AvgIpc) is 2.88. The number of rotatable bonds is 0. The number of benzene rings is 2. The summed E-state index contributed by atoms with van der Waals surface area (Å²) in [7, 11) is 0. The Morgan fingerprint density at radius 1 is 0.909 bits per heavy atom. The van der Waals surface area contributed by atoms with Crippen LogP contribution in [-0.4, -0.2) is 9.38 Å². The highest BCUT2D eigenvalue weighted by Gasteiger charge is 2.17. The van der Waals surface area contributed by atoms with Crippen molar-refractivity contribution in [3.8, 4) is 0 Å². The van der Waals surface area contributed by atoms with Gasteiger partial charge in [0.05, 0.1) is 16.6 Å². The van der Waals surface area contributed by atoms with Crippen molar-refractivity contribution < 1.29 is 0 Å². The Morgan fingerprint density at radius 2 is 1.73 bits per heavy atom. The fourth-order valence-electron chi connectivity index (χ4n) is 3.48. The van der Waals surface area contributed by atoms with E-state index in [2.05, 4.69) is 18.0 Å². The number of aromatic nitrogens is 2. The molecule has 0 aliphatic heterocycles. The van der Waals surface area contributed by atoms with Crippen LogP contribution in [0.5, 0.6) is 0 Å². The van der Waals surface area contributed by atoms with Gasteiger partial charge < -0.3 is 0 Å². The van der Waals surface area contributed by atoms with E-state index in [0.717, 1.165) is 32.7 Å². The molecule has 0 N–H and O–H groups in total. The van der Waals surface area contributed by atoms with Gasteiger partial charge in [0.15, 0.2) is 0 Å². The highest BCUT2D eigenvalue weighted by atomic mass is 16.1. The Kier molecular flexibility index (Phi) is 2.03. The molecule has 3 heterocycles. The minimum atomic E-state index is 0.0277. The molecule has 0 fully saturated rings. The van der Waals surface area contributed by atoms with E-state index >= 15 is 0 Å². The van der Waals surface area contributed by atoms with Gasteiger partial charge in [-0.2, -0.15) is 0 Å². The van der Waals surface area contributed by atoms with E-state index in [1.165, 1.54) is 5.56 Å². The summed E-state index contributed by atoms with van der Waals surface area (Å²) in [5.41, 5.74) is 3.98. The summed E-state index contributed by atoms with van der Waals surface area (Å²) < 4.78 is 1.81. The van der Waals surface area contributed by atoms with Gasteiger partial charge in [0.25, 0.3) is 5.56 Å². The lowest BCUT2D eigenvalue weighted by Gasteiger charge is -2.04. The molecule has 0 spiro atoms. The molecule has 0 unspecified atom stereocenters. The van der Waals surface area contributed by atoms with Crippen molar-refractivity contribution in [2.75, 3.05) is 0 Å². The van der Waals surface area contributed by atoms with Gasteiger partial charge in [0.2, 0.25) is 0 Å². The lowest BCUT2D eigenvalue weighted by atomic mass is 10.1. The molecule has 5 aromatic rings. The van der Waals surface area contributed by atoms with E-state index in [1.54, 1.807) is 0 Å². The summed E-state index contributed by atoms with van der Waals surface area (Å²) in [4.78, 5) is 17.5. The fourth-order valence-corrected chi connectivity index (χ4v) is 3.48. The molecule has 0 amide bonds. The molecule has 104 valence electrons. The number of hydrogen-bond donors (Lipinski definition) is 0. The van der Waals surface area contributed by atoms with Crippen LogP contribution in [0.1, 0.15) is 5.56 Å². The van der Waals surface area contributed by atoms with Crippen LogP contribution in [0.4, 0.5) is 0 Å². The maximum Gasteiger partial charge on any atom is 0.263 e. The largest absolute Gasteiger partial charge is 0.273 e. The first-order chi connectivity index (χ1) is 10.8. The number of hydrogen-bond acceptors (Lipinski definition) is 2. The van der Waals surface area contributed by atoms with E-state index in [9.17, 15) is 4.79 Å². The Balaban J connectivity index is 2.29. The van der Waals surface area contributed by atoms with Gasteiger partial charge in [-0.15, -0.1) is 0 Å². The third-order valence-corrected chi connectivity index (χ3v) is 4.45. The normalized spacial score (nSPS) is 12.0. The van der Waals surface area contributed by atoms with Crippen LogP contribution in [-0.2, 0) is 0 Å². The minimum absolute atomic E-state index is 0.0277. The zero-order valence-corrected chi connectivity index (χ0v) is 12.0. The number of nitrogens with zero attached hydrogens (tertiary/aromatic N) is 2. The predicted octanol–water partition coefficient (Wildman–Crippen LogP) is 3.90. The molecular weight excluding hydrogens is 272 g/mol. The summed E-state index contributed by atoms with van der Waals surface area (Å²) in [6.07, 6.45) is 1.83. The molecule has 0 saturated heterocycles. The van der Waals surface area contributed by atoms with Crippen LogP contribution in [0.2, 0.25) is 0 Å². The third-order valence-electron chi connectivity index (χ3n) is 4.45. The van der Waals surface area contributed by atoms with Crippen molar-refractivity contribution in [1.29, 1.82) is 0 Å². The first-order valence-electron chi connectivity index (χ1n) is 7.29.